The molecule has 0 aliphatic carbocycles. The van der Waals surface area contributed by atoms with Crippen LogP contribution in [0.3, 0.4) is 0 Å². The average molecular weight is 458 g/mol. The van der Waals surface area contributed by atoms with Crippen LogP contribution in [0.5, 0.6) is 11.5 Å². The maximum Gasteiger partial charge on any atom is 0.260 e. The number of amides is 1. The molecule has 0 unspecified atom stereocenters. The van der Waals surface area contributed by atoms with Gasteiger partial charge in [-0.2, -0.15) is 0 Å². The van der Waals surface area contributed by atoms with Crippen molar-refractivity contribution in [1.82, 2.24) is 9.97 Å². The lowest BCUT2D eigenvalue weighted by Crippen LogP contribution is -2.30. The number of fused-ring (bicyclic) bond motifs is 2. The zero-order valence-electron chi connectivity index (χ0n) is 15.3. The second kappa shape index (κ2) is 7.75. The van der Waals surface area contributed by atoms with Crippen molar-refractivity contribution in [2.45, 2.75) is 6.54 Å². The van der Waals surface area contributed by atoms with Crippen molar-refractivity contribution in [2.75, 3.05) is 11.7 Å². The molecule has 4 aromatic rings. The fraction of sp³-hybridized carbons (Fsp3) is 0.0952. The number of benzene rings is 2. The van der Waals surface area contributed by atoms with Gasteiger partial charge in [-0.25, -0.2) is 4.98 Å². The Bertz CT molecular complexity index is 1200. The zero-order valence-corrected chi connectivity index (χ0v) is 17.7. The summed E-state index contributed by atoms with van der Waals surface area (Å²) in [5, 5.41) is 1.32. The van der Waals surface area contributed by atoms with Gasteiger partial charge in [0.2, 0.25) is 6.79 Å². The van der Waals surface area contributed by atoms with Gasteiger partial charge in [-0.1, -0.05) is 40.6 Å². The van der Waals surface area contributed by atoms with Gasteiger partial charge < -0.3 is 9.47 Å². The first kappa shape index (κ1) is 19.1. The third kappa shape index (κ3) is 3.67. The summed E-state index contributed by atoms with van der Waals surface area (Å²) in [4.78, 5) is 23.9. The number of nitrogens with zero attached hydrogens (tertiary/aromatic N) is 3. The van der Waals surface area contributed by atoms with Crippen molar-refractivity contribution in [1.29, 1.82) is 0 Å². The summed E-state index contributed by atoms with van der Waals surface area (Å²) in [7, 11) is 0. The van der Waals surface area contributed by atoms with Crippen LogP contribution in [0.15, 0.2) is 54.9 Å². The third-order valence-corrected chi connectivity index (χ3v) is 6.00. The summed E-state index contributed by atoms with van der Waals surface area (Å²) < 4.78 is 11.8. The number of aromatic nitrogens is 2. The number of anilines is 1. The van der Waals surface area contributed by atoms with Crippen LogP contribution >= 0.6 is 34.5 Å². The van der Waals surface area contributed by atoms with Gasteiger partial charge in [-0.3, -0.25) is 14.7 Å². The van der Waals surface area contributed by atoms with Gasteiger partial charge in [0, 0.05) is 40.1 Å². The number of carbonyl (C=O) groups is 1. The monoisotopic (exact) mass is 457 g/mol. The molecule has 0 fully saturated rings. The Morgan fingerprint density at radius 2 is 1.87 bits per heavy atom. The molecule has 0 N–H and O–H groups in total. The first-order valence-corrected chi connectivity index (χ1v) is 10.5. The quantitative estimate of drug-likeness (QED) is 0.400. The van der Waals surface area contributed by atoms with Crippen LogP contribution in [0.1, 0.15) is 15.9 Å². The summed E-state index contributed by atoms with van der Waals surface area (Å²) in [6.45, 7) is 0.490. The van der Waals surface area contributed by atoms with Crippen LogP contribution in [-0.2, 0) is 6.54 Å². The molecule has 0 atom stereocenters. The predicted molar refractivity (Wildman–Crippen MR) is 117 cm³/mol. The SMILES string of the molecule is O=C(c1cc(Cl)cc(Cl)c1)N(Cc1cccnc1)c1nc2cc3c(cc2s1)OCO3. The topological polar surface area (TPSA) is 64.6 Å². The number of thiazole rings is 1. The molecule has 30 heavy (non-hydrogen) atoms. The highest BCUT2D eigenvalue weighted by Crippen LogP contribution is 2.40. The molecule has 1 aliphatic heterocycles. The van der Waals surface area contributed by atoms with Gasteiger partial charge >= 0.3 is 0 Å². The lowest BCUT2D eigenvalue weighted by Gasteiger charge is -2.20. The fourth-order valence-electron chi connectivity index (χ4n) is 3.16. The molecule has 5 rings (SSSR count). The van der Waals surface area contributed by atoms with E-state index in [1.165, 1.54) is 11.3 Å². The highest BCUT2D eigenvalue weighted by Gasteiger charge is 2.24. The molecule has 0 saturated heterocycles. The Labute approximate surface area is 185 Å². The van der Waals surface area contributed by atoms with Crippen molar-refractivity contribution < 1.29 is 14.3 Å². The molecule has 3 heterocycles. The fourth-order valence-corrected chi connectivity index (χ4v) is 4.65. The first-order chi connectivity index (χ1) is 14.6. The van der Waals surface area contributed by atoms with Crippen LogP contribution in [0, 0.1) is 0 Å². The molecular weight excluding hydrogens is 445 g/mol. The van der Waals surface area contributed by atoms with E-state index in [0.717, 1.165) is 15.8 Å². The van der Waals surface area contributed by atoms with Gasteiger partial charge in [0.15, 0.2) is 16.6 Å². The van der Waals surface area contributed by atoms with E-state index >= 15 is 0 Å². The molecule has 9 heteroatoms. The molecule has 1 aliphatic rings. The van der Waals surface area contributed by atoms with Gasteiger partial charge in [0.1, 0.15) is 0 Å². The van der Waals surface area contributed by atoms with Crippen molar-refractivity contribution in [3.63, 3.8) is 0 Å². The van der Waals surface area contributed by atoms with Crippen LogP contribution in [0.4, 0.5) is 5.13 Å². The van der Waals surface area contributed by atoms with Crippen LogP contribution in [0.2, 0.25) is 10.0 Å². The predicted octanol–water partition coefficient (Wildman–Crippen LogP) is 5.57. The van der Waals surface area contributed by atoms with E-state index in [-0.39, 0.29) is 12.7 Å². The number of ether oxygens (including phenoxy) is 2. The van der Waals surface area contributed by atoms with E-state index < -0.39 is 0 Å². The van der Waals surface area contributed by atoms with Gasteiger partial charge in [-0.15, -0.1) is 0 Å². The number of pyridine rings is 1. The zero-order chi connectivity index (χ0) is 20.7. The number of rotatable bonds is 4. The first-order valence-electron chi connectivity index (χ1n) is 8.94. The van der Waals surface area contributed by atoms with Gasteiger partial charge in [-0.05, 0) is 29.8 Å². The molecule has 2 aromatic carbocycles. The van der Waals surface area contributed by atoms with E-state index in [9.17, 15) is 4.79 Å². The Morgan fingerprint density at radius 3 is 2.60 bits per heavy atom. The number of hydrogen-bond donors (Lipinski definition) is 0. The molecule has 2 aromatic heterocycles. The number of halogens is 2. The van der Waals surface area contributed by atoms with E-state index in [1.807, 2.05) is 24.3 Å². The summed E-state index contributed by atoms with van der Waals surface area (Å²) in [5.74, 6) is 1.05. The molecule has 0 bridgehead atoms. The van der Waals surface area contributed by atoms with Crippen molar-refractivity contribution in [3.05, 3.63) is 76.0 Å². The normalized spacial score (nSPS) is 12.3. The van der Waals surface area contributed by atoms with E-state index in [1.54, 1.807) is 35.5 Å². The summed E-state index contributed by atoms with van der Waals surface area (Å²) in [6.07, 6.45) is 3.40. The van der Waals surface area contributed by atoms with Crippen LogP contribution < -0.4 is 14.4 Å². The second-order valence-electron chi connectivity index (χ2n) is 6.58. The van der Waals surface area contributed by atoms with E-state index in [0.29, 0.717) is 38.8 Å². The minimum absolute atomic E-state index is 0.195. The van der Waals surface area contributed by atoms with E-state index in [4.69, 9.17) is 32.7 Å². The Balaban J connectivity index is 1.58. The summed E-state index contributed by atoms with van der Waals surface area (Å²) >= 11 is 13.6. The Kier molecular flexibility index (Phi) is 4.94. The molecular formula is C21H13Cl2N3O3S. The van der Waals surface area contributed by atoms with Gasteiger partial charge in [0.25, 0.3) is 5.91 Å². The van der Waals surface area contributed by atoms with E-state index in [2.05, 4.69) is 9.97 Å². The maximum atomic E-state index is 13.4. The number of carbonyl (C=O) groups excluding carboxylic acids is 1. The summed E-state index contributed by atoms with van der Waals surface area (Å²) in [5.41, 5.74) is 1.98. The van der Waals surface area contributed by atoms with Crippen molar-refractivity contribution >= 4 is 55.8 Å². The Hall–Kier alpha value is -2.87. The highest BCUT2D eigenvalue weighted by atomic mass is 35.5. The molecule has 150 valence electrons. The van der Waals surface area contributed by atoms with Crippen molar-refractivity contribution in [3.8, 4) is 11.5 Å². The standard InChI is InChI=1S/C21H13Cl2N3O3S/c22-14-4-13(5-15(23)6-14)20(27)26(10-12-2-1-3-24-9-12)21-25-16-7-17-18(29-11-28-17)8-19(16)30-21/h1-9H,10-11H2. The largest absolute Gasteiger partial charge is 0.454 e. The molecule has 0 saturated carbocycles. The smallest absolute Gasteiger partial charge is 0.260 e. The molecule has 6 nitrogen and oxygen atoms in total. The molecule has 0 spiro atoms. The minimum Gasteiger partial charge on any atom is -0.454 e. The average Bonchev–Trinajstić information content (AvgIpc) is 3.35. The lowest BCUT2D eigenvalue weighted by atomic mass is 10.2. The maximum absolute atomic E-state index is 13.4. The van der Waals surface area contributed by atoms with Crippen LogP contribution in [-0.4, -0.2) is 22.7 Å². The van der Waals surface area contributed by atoms with Gasteiger partial charge in [0.05, 0.1) is 16.8 Å². The van der Waals surface area contributed by atoms with Crippen LogP contribution in [0.25, 0.3) is 10.2 Å². The molecule has 1 amide bonds. The number of hydrogen-bond acceptors (Lipinski definition) is 6. The Morgan fingerprint density at radius 1 is 1.10 bits per heavy atom. The third-order valence-electron chi connectivity index (χ3n) is 4.52. The highest BCUT2D eigenvalue weighted by molar-refractivity contribution is 7.22. The molecule has 0 radical (unpaired) electrons. The second-order valence-corrected chi connectivity index (χ2v) is 8.46. The van der Waals surface area contributed by atoms with Crippen molar-refractivity contribution in [2.24, 2.45) is 0 Å². The lowest BCUT2D eigenvalue weighted by molar-refractivity contribution is 0.0985. The minimum atomic E-state index is -0.262. The summed E-state index contributed by atoms with van der Waals surface area (Å²) in [6, 6.07) is 12.2.